The van der Waals surface area contributed by atoms with Crippen LogP contribution in [0, 0.1) is 0 Å². The smallest absolute Gasteiger partial charge is 0.241 e. The first-order chi connectivity index (χ1) is 8.04. The van der Waals surface area contributed by atoms with E-state index >= 15 is 0 Å². The van der Waals surface area contributed by atoms with Gasteiger partial charge in [-0.05, 0) is 39.0 Å². The molecule has 0 fully saturated rings. The number of benzene rings is 1. The second-order valence-corrected chi connectivity index (χ2v) is 7.16. The molecule has 0 amide bonds. The van der Waals surface area contributed by atoms with Gasteiger partial charge in [0, 0.05) is 10.0 Å². The molecule has 0 aliphatic rings. The normalized spacial score (nSPS) is 14.6. The number of rotatable bonds is 4. The fourth-order valence-corrected chi connectivity index (χ4v) is 3.37. The average Bonchev–Trinajstić information content (AvgIpc) is 2.13. The van der Waals surface area contributed by atoms with Crippen LogP contribution in [0.2, 0.25) is 10.0 Å². The molecule has 0 saturated heterocycles. The molecule has 0 saturated carbocycles. The molecule has 0 spiro atoms. The first-order valence-electron chi connectivity index (χ1n) is 5.23. The van der Waals surface area contributed by atoms with Crippen molar-refractivity contribution in [3.63, 3.8) is 0 Å². The number of hydrogen-bond acceptors (Lipinski definition) is 3. The van der Waals surface area contributed by atoms with Crippen LogP contribution in [-0.4, -0.2) is 25.2 Å². The molecule has 1 aromatic carbocycles. The molecule has 0 heterocycles. The maximum Gasteiger partial charge on any atom is 0.241 e. The zero-order valence-corrected chi connectivity index (χ0v) is 12.6. The van der Waals surface area contributed by atoms with E-state index in [-0.39, 0.29) is 14.9 Å². The van der Waals surface area contributed by atoms with E-state index in [0.29, 0.717) is 0 Å². The Bertz CT molecular complexity index is 521. The number of aliphatic hydroxyl groups is 1. The highest BCUT2D eigenvalue weighted by molar-refractivity contribution is 7.89. The molecule has 1 unspecified atom stereocenters. The van der Waals surface area contributed by atoms with Gasteiger partial charge in [-0.25, -0.2) is 13.1 Å². The van der Waals surface area contributed by atoms with Crippen LogP contribution in [0.1, 0.15) is 20.8 Å². The summed E-state index contributed by atoms with van der Waals surface area (Å²) in [6.45, 7) is 4.68. The quantitative estimate of drug-likeness (QED) is 0.897. The molecule has 0 aromatic heterocycles. The van der Waals surface area contributed by atoms with Crippen molar-refractivity contribution < 1.29 is 13.5 Å². The second-order valence-electron chi connectivity index (χ2n) is 4.61. The topological polar surface area (TPSA) is 66.4 Å². The van der Waals surface area contributed by atoms with Crippen molar-refractivity contribution in [1.82, 2.24) is 4.72 Å². The average molecular weight is 312 g/mol. The van der Waals surface area contributed by atoms with Gasteiger partial charge in [-0.1, -0.05) is 23.2 Å². The summed E-state index contributed by atoms with van der Waals surface area (Å²) in [5, 5.41) is 9.99. The fourth-order valence-electron chi connectivity index (χ4n) is 1.17. The van der Waals surface area contributed by atoms with E-state index in [4.69, 9.17) is 23.2 Å². The molecule has 102 valence electrons. The summed E-state index contributed by atoms with van der Waals surface area (Å²) in [6.07, 6.45) is -0.845. The Hall–Kier alpha value is -0.330. The number of nitrogens with one attached hydrogen (secondary N) is 1. The van der Waals surface area contributed by atoms with E-state index in [1.807, 2.05) is 0 Å². The third-order valence-electron chi connectivity index (χ3n) is 2.59. The van der Waals surface area contributed by atoms with Crippen molar-refractivity contribution in [2.75, 3.05) is 0 Å². The lowest BCUT2D eigenvalue weighted by Crippen LogP contribution is -2.50. The molecule has 18 heavy (non-hydrogen) atoms. The zero-order chi connectivity index (χ0) is 14.1. The molecule has 1 rings (SSSR count). The summed E-state index contributed by atoms with van der Waals surface area (Å²) in [5.74, 6) is 0. The molecule has 4 nitrogen and oxygen atoms in total. The van der Waals surface area contributed by atoms with Gasteiger partial charge in [-0.3, -0.25) is 0 Å². The van der Waals surface area contributed by atoms with Crippen LogP contribution >= 0.6 is 23.2 Å². The lowest BCUT2D eigenvalue weighted by Gasteiger charge is -2.28. The number of sulfonamides is 1. The summed E-state index contributed by atoms with van der Waals surface area (Å²) >= 11 is 11.5. The van der Waals surface area contributed by atoms with Gasteiger partial charge in [0.15, 0.2) is 0 Å². The third-order valence-corrected chi connectivity index (χ3v) is 4.68. The molecule has 1 atom stereocenters. The second kappa shape index (κ2) is 5.35. The van der Waals surface area contributed by atoms with E-state index in [0.717, 1.165) is 0 Å². The van der Waals surface area contributed by atoms with Crippen molar-refractivity contribution in [3.05, 3.63) is 28.2 Å². The molecule has 0 aliphatic carbocycles. The highest BCUT2D eigenvalue weighted by Gasteiger charge is 2.30. The van der Waals surface area contributed by atoms with Gasteiger partial charge in [-0.2, -0.15) is 0 Å². The predicted molar refractivity (Wildman–Crippen MR) is 72.5 cm³/mol. The van der Waals surface area contributed by atoms with E-state index in [1.165, 1.54) is 25.1 Å². The van der Waals surface area contributed by atoms with Gasteiger partial charge in [0.05, 0.1) is 16.5 Å². The van der Waals surface area contributed by atoms with Gasteiger partial charge in [-0.15, -0.1) is 0 Å². The SMILES string of the molecule is CC(O)C(C)(C)NS(=O)(=O)c1cc(Cl)cc(Cl)c1. The Morgan fingerprint density at radius 2 is 1.67 bits per heavy atom. The number of halogens is 2. The van der Waals surface area contributed by atoms with Crippen LogP contribution in [0.25, 0.3) is 0 Å². The Morgan fingerprint density at radius 3 is 2.06 bits per heavy atom. The molecular weight excluding hydrogens is 297 g/mol. The Labute approximate surface area is 117 Å². The van der Waals surface area contributed by atoms with E-state index < -0.39 is 21.7 Å². The molecule has 1 aromatic rings. The minimum Gasteiger partial charge on any atom is -0.391 e. The van der Waals surface area contributed by atoms with Crippen LogP contribution in [0.4, 0.5) is 0 Å². The van der Waals surface area contributed by atoms with Gasteiger partial charge in [0.1, 0.15) is 0 Å². The van der Waals surface area contributed by atoms with Crippen molar-refractivity contribution >= 4 is 33.2 Å². The zero-order valence-electron chi connectivity index (χ0n) is 10.2. The maximum atomic E-state index is 12.1. The van der Waals surface area contributed by atoms with Gasteiger partial charge in [0.25, 0.3) is 0 Å². The molecule has 2 N–H and O–H groups in total. The lowest BCUT2D eigenvalue weighted by molar-refractivity contribution is 0.111. The van der Waals surface area contributed by atoms with Gasteiger partial charge in [0.2, 0.25) is 10.0 Å². The minimum atomic E-state index is -3.79. The largest absolute Gasteiger partial charge is 0.391 e. The molecule has 0 aliphatic heterocycles. The van der Waals surface area contributed by atoms with E-state index in [2.05, 4.69) is 4.72 Å². The lowest BCUT2D eigenvalue weighted by atomic mass is 10.0. The van der Waals surface area contributed by atoms with Crippen LogP contribution < -0.4 is 4.72 Å². The molecule has 7 heteroatoms. The summed E-state index contributed by atoms with van der Waals surface area (Å²) in [5.41, 5.74) is -0.992. The highest BCUT2D eigenvalue weighted by Crippen LogP contribution is 2.23. The summed E-state index contributed by atoms with van der Waals surface area (Å²) in [4.78, 5) is -0.0336. The van der Waals surface area contributed by atoms with Crippen molar-refractivity contribution in [3.8, 4) is 0 Å². The minimum absolute atomic E-state index is 0.0336. The van der Waals surface area contributed by atoms with Crippen LogP contribution in [0.5, 0.6) is 0 Å². The predicted octanol–water partition coefficient (Wildman–Crippen LogP) is 2.43. The fraction of sp³-hybridized carbons (Fsp3) is 0.455. The molecule has 0 bridgehead atoms. The Kier molecular flexibility index (Phi) is 4.67. The van der Waals surface area contributed by atoms with Crippen molar-refractivity contribution in [2.45, 2.75) is 37.3 Å². The van der Waals surface area contributed by atoms with E-state index in [9.17, 15) is 13.5 Å². The monoisotopic (exact) mass is 311 g/mol. The summed E-state index contributed by atoms with van der Waals surface area (Å²) < 4.78 is 26.6. The summed E-state index contributed by atoms with van der Waals surface area (Å²) in [7, 11) is -3.79. The van der Waals surface area contributed by atoms with Crippen LogP contribution in [-0.2, 0) is 10.0 Å². The van der Waals surface area contributed by atoms with Crippen LogP contribution in [0.3, 0.4) is 0 Å². The van der Waals surface area contributed by atoms with Crippen molar-refractivity contribution in [2.24, 2.45) is 0 Å². The summed E-state index contributed by atoms with van der Waals surface area (Å²) in [6, 6.07) is 4.05. The standard InChI is InChI=1S/C11H15Cl2NO3S/c1-7(15)11(2,3)14-18(16,17)10-5-8(12)4-9(13)6-10/h4-7,14-15H,1-3H3. The Morgan fingerprint density at radius 1 is 1.22 bits per heavy atom. The molecule has 0 radical (unpaired) electrons. The maximum absolute atomic E-state index is 12.1. The first kappa shape index (κ1) is 15.7. The van der Waals surface area contributed by atoms with Crippen molar-refractivity contribution in [1.29, 1.82) is 0 Å². The Balaban J connectivity index is 3.15. The number of aliphatic hydroxyl groups excluding tert-OH is 1. The highest BCUT2D eigenvalue weighted by atomic mass is 35.5. The van der Waals surface area contributed by atoms with Gasteiger partial charge >= 0.3 is 0 Å². The van der Waals surface area contributed by atoms with E-state index in [1.54, 1.807) is 13.8 Å². The third kappa shape index (κ3) is 3.83. The number of hydrogen-bond donors (Lipinski definition) is 2. The van der Waals surface area contributed by atoms with Crippen LogP contribution in [0.15, 0.2) is 23.1 Å². The first-order valence-corrected chi connectivity index (χ1v) is 7.46. The van der Waals surface area contributed by atoms with Gasteiger partial charge < -0.3 is 5.11 Å². The molecular formula is C11H15Cl2NO3S.